The van der Waals surface area contributed by atoms with Crippen molar-refractivity contribution in [1.29, 1.82) is 0 Å². The number of aliphatic carboxylic acids is 1. The zero-order chi connectivity index (χ0) is 23.4. The van der Waals surface area contributed by atoms with Crippen LogP contribution in [0, 0.1) is 5.41 Å². The molecule has 6 nitrogen and oxygen atoms in total. The van der Waals surface area contributed by atoms with Crippen molar-refractivity contribution in [2.24, 2.45) is 5.41 Å². The minimum absolute atomic E-state index is 0.107. The second kappa shape index (κ2) is 9.28. The molecule has 33 heavy (non-hydrogen) atoms. The first kappa shape index (κ1) is 22.3. The SMILES string of the molecule is CC(C)(CCC(=O)c1ccc2ccccc2c1OCc1coc(-c2ccccc2)n1)C(=O)O. The number of carboxylic acids is 1. The number of nitrogens with zero attached hydrogens (tertiary/aromatic N) is 1. The molecule has 0 bridgehead atoms. The first-order chi connectivity index (χ1) is 15.8. The number of carboxylic acid groups (broad SMARTS) is 1. The minimum Gasteiger partial charge on any atom is -0.486 e. The summed E-state index contributed by atoms with van der Waals surface area (Å²) in [5.74, 6) is -0.115. The molecule has 0 spiro atoms. The van der Waals surface area contributed by atoms with Gasteiger partial charge in [0, 0.05) is 17.4 Å². The average molecular weight is 443 g/mol. The number of carbonyl (C=O) groups is 2. The van der Waals surface area contributed by atoms with Crippen LogP contribution in [0.5, 0.6) is 5.75 Å². The van der Waals surface area contributed by atoms with Gasteiger partial charge >= 0.3 is 5.97 Å². The summed E-state index contributed by atoms with van der Waals surface area (Å²) in [5, 5.41) is 11.1. The first-order valence-corrected chi connectivity index (χ1v) is 10.8. The number of aromatic nitrogens is 1. The van der Waals surface area contributed by atoms with Crippen molar-refractivity contribution in [2.75, 3.05) is 0 Å². The molecule has 0 amide bonds. The predicted octanol–water partition coefficient (Wildman–Crippen LogP) is 6.15. The van der Waals surface area contributed by atoms with Crippen LogP contribution in [0.4, 0.5) is 0 Å². The monoisotopic (exact) mass is 443 g/mol. The van der Waals surface area contributed by atoms with E-state index in [0.29, 0.717) is 22.9 Å². The van der Waals surface area contributed by atoms with Crippen LogP contribution in [0.25, 0.3) is 22.2 Å². The highest BCUT2D eigenvalue weighted by atomic mass is 16.5. The number of oxazole rings is 1. The molecule has 0 atom stereocenters. The number of Topliss-reactive ketones (excluding diaryl/α,β-unsaturated/α-hetero) is 1. The number of ether oxygens (including phenoxy) is 1. The van der Waals surface area contributed by atoms with Crippen molar-refractivity contribution in [3.05, 3.63) is 84.3 Å². The Kier molecular flexibility index (Phi) is 6.27. The maximum atomic E-state index is 13.1. The van der Waals surface area contributed by atoms with E-state index in [-0.39, 0.29) is 25.2 Å². The lowest BCUT2D eigenvalue weighted by molar-refractivity contribution is -0.147. The van der Waals surface area contributed by atoms with Crippen molar-refractivity contribution in [3.8, 4) is 17.2 Å². The number of fused-ring (bicyclic) bond motifs is 1. The number of hydrogen-bond acceptors (Lipinski definition) is 5. The van der Waals surface area contributed by atoms with Gasteiger partial charge in [0.15, 0.2) is 5.78 Å². The third-order valence-corrected chi connectivity index (χ3v) is 5.67. The Hall–Kier alpha value is -3.93. The smallest absolute Gasteiger partial charge is 0.309 e. The van der Waals surface area contributed by atoms with Crippen molar-refractivity contribution in [3.63, 3.8) is 0 Å². The molecular weight excluding hydrogens is 418 g/mol. The van der Waals surface area contributed by atoms with Crippen molar-refractivity contribution >= 4 is 22.5 Å². The summed E-state index contributed by atoms with van der Waals surface area (Å²) in [6.45, 7) is 3.37. The number of benzene rings is 3. The highest BCUT2D eigenvalue weighted by molar-refractivity contribution is 6.05. The van der Waals surface area contributed by atoms with E-state index in [4.69, 9.17) is 9.15 Å². The summed E-state index contributed by atoms with van der Waals surface area (Å²) in [6.07, 6.45) is 1.89. The molecule has 0 radical (unpaired) electrons. The maximum absolute atomic E-state index is 13.1. The van der Waals surface area contributed by atoms with Gasteiger partial charge in [-0.2, -0.15) is 0 Å². The van der Waals surface area contributed by atoms with Gasteiger partial charge in [-0.25, -0.2) is 4.98 Å². The number of ketones is 1. The lowest BCUT2D eigenvalue weighted by Gasteiger charge is -2.19. The van der Waals surface area contributed by atoms with Crippen molar-refractivity contribution in [2.45, 2.75) is 33.3 Å². The first-order valence-electron chi connectivity index (χ1n) is 10.8. The molecule has 0 fully saturated rings. The summed E-state index contributed by atoms with van der Waals surface area (Å²) in [5.41, 5.74) is 0.918. The van der Waals surface area contributed by atoms with E-state index < -0.39 is 11.4 Å². The lowest BCUT2D eigenvalue weighted by atomic mass is 9.86. The van der Waals surface area contributed by atoms with Gasteiger partial charge in [-0.3, -0.25) is 9.59 Å². The molecule has 0 unspecified atom stereocenters. The Morgan fingerprint density at radius 2 is 1.73 bits per heavy atom. The Labute approximate surface area is 191 Å². The molecule has 0 saturated heterocycles. The normalized spacial score (nSPS) is 11.5. The Bertz CT molecular complexity index is 1290. The summed E-state index contributed by atoms with van der Waals surface area (Å²) < 4.78 is 11.7. The molecule has 6 heteroatoms. The standard InChI is InChI=1S/C27H25NO5/c1-27(2,26(30)31)15-14-23(29)22-13-12-18-8-6-7-11-21(18)24(22)32-16-20-17-33-25(28-20)19-9-4-3-5-10-19/h3-13,17H,14-16H2,1-2H3,(H,30,31). The highest BCUT2D eigenvalue weighted by Crippen LogP contribution is 2.33. The molecule has 0 saturated carbocycles. The van der Waals surface area contributed by atoms with Crippen molar-refractivity contribution < 1.29 is 23.8 Å². The van der Waals surface area contributed by atoms with Crippen LogP contribution in [0.2, 0.25) is 0 Å². The largest absolute Gasteiger partial charge is 0.486 e. The summed E-state index contributed by atoms with van der Waals surface area (Å²) in [4.78, 5) is 29.0. The molecule has 1 N–H and O–H groups in total. The lowest BCUT2D eigenvalue weighted by Crippen LogP contribution is -2.24. The zero-order valence-corrected chi connectivity index (χ0v) is 18.6. The van der Waals surface area contributed by atoms with Gasteiger partial charge in [-0.1, -0.05) is 48.5 Å². The summed E-state index contributed by atoms with van der Waals surface area (Å²) >= 11 is 0. The summed E-state index contributed by atoms with van der Waals surface area (Å²) in [7, 11) is 0. The molecule has 1 heterocycles. The maximum Gasteiger partial charge on any atom is 0.309 e. The molecule has 3 aromatic carbocycles. The number of hydrogen-bond donors (Lipinski definition) is 1. The van der Waals surface area contributed by atoms with Gasteiger partial charge < -0.3 is 14.3 Å². The van der Waals surface area contributed by atoms with Crippen LogP contribution in [-0.2, 0) is 11.4 Å². The van der Waals surface area contributed by atoms with Gasteiger partial charge in [-0.05, 0) is 43.9 Å². The number of rotatable bonds is 9. The van der Waals surface area contributed by atoms with E-state index in [1.807, 2.05) is 60.7 Å². The molecule has 4 aromatic rings. The minimum atomic E-state index is -0.984. The van der Waals surface area contributed by atoms with Gasteiger partial charge in [0.25, 0.3) is 0 Å². The quantitative estimate of drug-likeness (QED) is 0.312. The topological polar surface area (TPSA) is 89.6 Å². The van der Waals surface area contributed by atoms with Crippen LogP contribution in [0.15, 0.2) is 77.4 Å². The van der Waals surface area contributed by atoms with E-state index >= 15 is 0 Å². The third-order valence-electron chi connectivity index (χ3n) is 5.67. The molecule has 168 valence electrons. The second-order valence-corrected chi connectivity index (χ2v) is 8.57. The molecule has 1 aromatic heterocycles. The van der Waals surface area contributed by atoms with Gasteiger partial charge in [0.1, 0.15) is 24.3 Å². The molecule has 0 aliphatic carbocycles. The van der Waals surface area contributed by atoms with E-state index in [1.165, 1.54) is 0 Å². The highest BCUT2D eigenvalue weighted by Gasteiger charge is 2.28. The Balaban J connectivity index is 1.59. The van der Waals surface area contributed by atoms with Crippen LogP contribution < -0.4 is 4.74 Å². The van der Waals surface area contributed by atoms with Gasteiger partial charge in [0.05, 0.1) is 11.0 Å². The van der Waals surface area contributed by atoms with E-state index in [9.17, 15) is 14.7 Å². The van der Waals surface area contributed by atoms with Gasteiger partial charge in [0.2, 0.25) is 5.89 Å². The fourth-order valence-corrected chi connectivity index (χ4v) is 3.52. The molecule has 0 aliphatic heterocycles. The fourth-order valence-electron chi connectivity index (χ4n) is 3.52. The fraction of sp³-hybridized carbons (Fsp3) is 0.222. The predicted molar refractivity (Wildman–Crippen MR) is 125 cm³/mol. The van der Waals surface area contributed by atoms with E-state index in [2.05, 4.69) is 4.98 Å². The van der Waals surface area contributed by atoms with Crippen molar-refractivity contribution in [1.82, 2.24) is 4.98 Å². The van der Waals surface area contributed by atoms with Crippen LogP contribution in [-0.4, -0.2) is 21.8 Å². The Morgan fingerprint density at radius 1 is 1.00 bits per heavy atom. The van der Waals surface area contributed by atoms with Crippen LogP contribution >= 0.6 is 0 Å². The van der Waals surface area contributed by atoms with E-state index in [1.54, 1.807) is 26.2 Å². The summed E-state index contributed by atoms with van der Waals surface area (Å²) in [6, 6.07) is 20.9. The van der Waals surface area contributed by atoms with E-state index in [0.717, 1.165) is 16.3 Å². The van der Waals surface area contributed by atoms with Crippen LogP contribution in [0.3, 0.4) is 0 Å². The van der Waals surface area contributed by atoms with Crippen LogP contribution in [0.1, 0.15) is 42.7 Å². The molecule has 4 rings (SSSR count). The zero-order valence-electron chi connectivity index (χ0n) is 18.6. The molecular formula is C27H25NO5. The number of carbonyl (C=O) groups excluding carboxylic acids is 1. The molecule has 0 aliphatic rings. The second-order valence-electron chi connectivity index (χ2n) is 8.57. The average Bonchev–Trinajstić information content (AvgIpc) is 3.30. The Morgan fingerprint density at radius 3 is 2.48 bits per heavy atom. The van der Waals surface area contributed by atoms with Gasteiger partial charge in [-0.15, -0.1) is 0 Å². The third kappa shape index (κ3) is 4.95.